The van der Waals surface area contributed by atoms with Crippen LogP contribution in [-0.2, 0) is 9.53 Å². The topological polar surface area (TPSA) is 73.9 Å². The van der Waals surface area contributed by atoms with Crippen LogP contribution in [0.4, 0.5) is 0 Å². The summed E-state index contributed by atoms with van der Waals surface area (Å²) in [4.78, 5) is 23.3. The number of carbonyl (C=O) groups is 2. The van der Waals surface area contributed by atoms with Crippen molar-refractivity contribution in [1.82, 2.24) is 5.32 Å². The van der Waals surface area contributed by atoms with Crippen molar-refractivity contribution in [3.05, 3.63) is 35.4 Å². The largest absolute Gasteiger partial charge is 0.497 e. The molecule has 6 nitrogen and oxygen atoms in total. The zero-order valence-electron chi connectivity index (χ0n) is 11.8. The average Bonchev–Trinajstić information content (AvgIpc) is 2.49. The lowest BCUT2D eigenvalue weighted by Gasteiger charge is -2.09. The Kier molecular flexibility index (Phi) is 6.55. The van der Waals surface area contributed by atoms with Gasteiger partial charge in [0.05, 0.1) is 14.2 Å². The van der Waals surface area contributed by atoms with Gasteiger partial charge < -0.3 is 19.5 Å². The van der Waals surface area contributed by atoms with E-state index in [1.54, 1.807) is 6.07 Å². The van der Waals surface area contributed by atoms with Gasteiger partial charge in [0.15, 0.2) is 0 Å². The van der Waals surface area contributed by atoms with Gasteiger partial charge in [-0.15, -0.1) is 0 Å². The van der Waals surface area contributed by atoms with Crippen molar-refractivity contribution in [2.75, 3.05) is 27.4 Å². The highest BCUT2D eigenvalue weighted by Gasteiger charge is 2.12. The van der Waals surface area contributed by atoms with Crippen molar-refractivity contribution >= 4 is 23.5 Å². The molecule has 0 saturated heterocycles. The molecule has 1 aromatic rings. The molecule has 7 heteroatoms. The van der Waals surface area contributed by atoms with Crippen molar-refractivity contribution < 1.29 is 23.8 Å². The number of rotatable bonds is 7. The van der Waals surface area contributed by atoms with Crippen molar-refractivity contribution in [1.29, 1.82) is 0 Å². The third-order valence-electron chi connectivity index (χ3n) is 2.40. The summed E-state index contributed by atoms with van der Waals surface area (Å²) in [7, 11) is 2.96. The van der Waals surface area contributed by atoms with Gasteiger partial charge in [0.2, 0.25) is 0 Å². The molecule has 114 valence electrons. The average molecular weight is 314 g/mol. The monoisotopic (exact) mass is 313 g/mol. The molecule has 0 aliphatic carbocycles. The molecule has 0 saturated carbocycles. The third kappa shape index (κ3) is 5.74. The molecule has 0 radical (unpaired) electrons. The number of hydrogen-bond acceptors (Lipinski definition) is 5. The summed E-state index contributed by atoms with van der Waals surface area (Å²) in [5, 5.41) is 2.63. The normalized spacial score (nSPS) is 9.67. The van der Waals surface area contributed by atoms with Gasteiger partial charge in [-0.05, 0) is 12.1 Å². The van der Waals surface area contributed by atoms with Crippen molar-refractivity contribution in [3.63, 3.8) is 0 Å². The van der Waals surface area contributed by atoms with E-state index >= 15 is 0 Å². The summed E-state index contributed by atoms with van der Waals surface area (Å²) in [6, 6.07) is 4.70. The molecular formula is C14H16ClNO5. The molecule has 21 heavy (non-hydrogen) atoms. The zero-order valence-corrected chi connectivity index (χ0v) is 12.5. The minimum atomic E-state index is -0.611. The van der Waals surface area contributed by atoms with Crippen LogP contribution in [0.15, 0.2) is 29.8 Å². The van der Waals surface area contributed by atoms with Gasteiger partial charge in [-0.2, -0.15) is 0 Å². The Hall–Kier alpha value is -2.21. The molecule has 0 unspecified atom stereocenters. The maximum absolute atomic E-state index is 11.9. The van der Waals surface area contributed by atoms with Crippen LogP contribution in [0.25, 0.3) is 0 Å². The fourth-order valence-electron chi connectivity index (χ4n) is 1.40. The lowest BCUT2D eigenvalue weighted by molar-refractivity contribution is -0.141. The predicted molar refractivity (Wildman–Crippen MR) is 77.8 cm³/mol. The van der Waals surface area contributed by atoms with E-state index in [2.05, 4.69) is 11.9 Å². The highest BCUT2D eigenvalue weighted by atomic mass is 35.5. The minimum absolute atomic E-state index is 0.0940. The van der Waals surface area contributed by atoms with Gasteiger partial charge in [0.25, 0.3) is 5.91 Å². The standard InChI is InChI=1S/C14H16ClNO5/c1-9(15)8-21-13(17)7-16-14(18)10-4-11(19-2)6-12(5-10)20-3/h4-6H,1,7-8H2,2-3H3,(H,16,18). The molecule has 1 N–H and O–H groups in total. The summed E-state index contributed by atoms with van der Waals surface area (Å²) in [6.45, 7) is 3.01. The molecule has 0 atom stereocenters. The van der Waals surface area contributed by atoms with Gasteiger partial charge in [-0.1, -0.05) is 18.2 Å². The molecule has 0 bridgehead atoms. The van der Waals surface area contributed by atoms with Gasteiger partial charge in [-0.25, -0.2) is 0 Å². The van der Waals surface area contributed by atoms with Crippen LogP contribution in [0, 0.1) is 0 Å². The minimum Gasteiger partial charge on any atom is -0.497 e. The fourth-order valence-corrected chi connectivity index (χ4v) is 1.46. The smallest absolute Gasteiger partial charge is 0.325 e. The van der Waals surface area contributed by atoms with E-state index in [0.29, 0.717) is 17.1 Å². The predicted octanol–water partition coefficient (Wildman–Crippen LogP) is 1.73. The maximum atomic E-state index is 11.9. The van der Waals surface area contributed by atoms with Crippen LogP contribution in [0.3, 0.4) is 0 Å². The van der Waals surface area contributed by atoms with Gasteiger partial charge in [-0.3, -0.25) is 9.59 Å². The molecule has 0 spiro atoms. The third-order valence-corrected chi connectivity index (χ3v) is 2.51. The van der Waals surface area contributed by atoms with Gasteiger partial charge >= 0.3 is 5.97 Å². The number of amides is 1. The van der Waals surface area contributed by atoms with Crippen LogP contribution < -0.4 is 14.8 Å². The van der Waals surface area contributed by atoms with Crippen LogP contribution in [0.1, 0.15) is 10.4 Å². The number of nitrogens with one attached hydrogen (secondary N) is 1. The Labute approximate surface area is 127 Å². The van der Waals surface area contributed by atoms with Crippen LogP contribution >= 0.6 is 11.6 Å². The first kappa shape index (κ1) is 16.8. The Morgan fingerprint density at radius 3 is 2.24 bits per heavy atom. The summed E-state index contributed by atoms with van der Waals surface area (Å²) in [5.74, 6) is -0.116. The number of carbonyl (C=O) groups excluding carboxylic acids is 2. The fraction of sp³-hybridized carbons (Fsp3) is 0.286. The lowest BCUT2D eigenvalue weighted by Crippen LogP contribution is -2.30. The van der Waals surface area contributed by atoms with E-state index in [0.717, 1.165) is 0 Å². The summed E-state index contributed by atoms with van der Waals surface area (Å²) in [6.07, 6.45) is 0. The summed E-state index contributed by atoms with van der Waals surface area (Å²) < 4.78 is 14.9. The summed E-state index contributed by atoms with van der Waals surface area (Å²) >= 11 is 5.46. The van der Waals surface area contributed by atoms with E-state index in [4.69, 9.17) is 25.8 Å². The molecule has 0 aliphatic heterocycles. The lowest BCUT2D eigenvalue weighted by atomic mass is 10.2. The number of ether oxygens (including phenoxy) is 3. The number of esters is 1. The first-order valence-electron chi connectivity index (χ1n) is 5.96. The molecule has 0 aliphatic rings. The van der Waals surface area contributed by atoms with Crippen molar-refractivity contribution in [3.8, 4) is 11.5 Å². The van der Waals surface area contributed by atoms with Crippen LogP contribution in [0.5, 0.6) is 11.5 Å². The molecular weight excluding hydrogens is 298 g/mol. The first-order chi connectivity index (χ1) is 9.96. The number of benzene rings is 1. The molecule has 1 amide bonds. The van der Waals surface area contributed by atoms with Gasteiger partial charge in [0, 0.05) is 16.7 Å². The van der Waals surface area contributed by atoms with Crippen molar-refractivity contribution in [2.24, 2.45) is 0 Å². The molecule has 1 aromatic carbocycles. The molecule has 0 fully saturated rings. The zero-order chi connectivity index (χ0) is 15.8. The summed E-state index contributed by atoms with van der Waals surface area (Å²) in [5.41, 5.74) is 0.306. The van der Waals surface area contributed by atoms with E-state index < -0.39 is 11.9 Å². The number of halogens is 1. The Balaban J connectivity index is 2.63. The Morgan fingerprint density at radius 2 is 1.76 bits per heavy atom. The van der Waals surface area contributed by atoms with E-state index in [9.17, 15) is 9.59 Å². The van der Waals surface area contributed by atoms with E-state index in [1.165, 1.54) is 26.4 Å². The quantitative estimate of drug-likeness (QED) is 0.776. The second kappa shape index (κ2) is 8.16. The van der Waals surface area contributed by atoms with Crippen LogP contribution in [-0.4, -0.2) is 39.2 Å². The highest BCUT2D eigenvalue weighted by Crippen LogP contribution is 2.22. The van der Waals surface area contributed by atoms with Crippen molar-refractivity contribution in [2.45, 2.75) is 0 Å². The number of methoxy groups -OCH3 is 2. The first-order valence-corrected chi connectivity index (χ1v) is 6.34. The maximum Gasteiger partial charge on any atom is 0.325 e. The Bertz CT molecular complexity index is 522. The molecule has 0 aromatic heterocycles. The van der Waals surface area contributed by atoms with E-state index in [1.807, 2.05) is 0 Å². The highest BCUT2D eigenvalue weighted by molar-refractivity contribution is 6.29. The molecule has 0 heterocycles. The number of hydrogen-bond donors (Lipinski definition) is 1. The van der Waals surface area contributed by atoms with Gasteiger partial charge in [0.1, 0.15) is 24.7 Å². The molecule has 1 rings (SSSR count). The second-order valence-electron chi connectivity index (χ2n) is 3.96. The van der Waals surface area contributed by atoms with Crippen LogP contribution in [0.2, 0.25) is 0 Å². The Morgan fingerprint density at radius 1 is 1.19 bits per heavy atom. The second-order valence-corrected chi connectivity index (χ2v) is 4.50. The SMILES string of the molecule is C=C(Cl)COC(=O)CNC(=O)c1cc(OC)cc(OC)c1. The van der Waals surface area contributed by atoms with E-state index in [-0.39, 0.29) is 18.2 Å².